The van der Waals surface area contributed by atoms with Crippen LogP contribution >= 0.6 is 0 Å². The molecule has 0 unspecified atom stereocenters. The fraction of sp³-hybridized carbons (Fsp3) is 0.238. The summed E-state index contributed by atoms with van der Waals surface area (Å²) in [5.41, 5.74) is 26.9. The van der Waals surface area contributed by atoms with Crippen molar-refractivity contribution in [2.24, 2.45) is 0 Å². The van der Waals surface area contributed by atoms with Crippen molar-refractivity contribution in [1.82, 2.24) is 0 Å². The first-order valence-corrected chi connectivity index (χ1v) is 23.5. The van der Waals surface area contributed by atoms with Gasteiger partial charge in [-0.15, -0.1) is 6.92 Å². The van der Waals surface area contributed by atoms with Crippen LogP contribution in [0.25, 0.3) is 11.1 Å². The zero-order chi connectivity index (χ0) is 48.1. The Labute approximate surface area is 590 Å². The van der Waals surface area contributed by atoms with Crippen LogP contribution in [0.15, 0.2) is 133 Å². The van der Waals surface area contributed by atoms with Crippen molar-refractivity contribution < 1.29 is 196 Å². The molecule has 0 aliphatic carbocycles. The van der Waals surface area contributed by atoms with Crippen LogP contribution in [0.4, 0.5) is 0 Å². The van der Waals surface area contributed by atoms with Gasteiger partial charge in [0.2, 0.25) is 0 Å². The summed E-state index contributed by atoms with van der Waals surface area (Å²) in [6.07, 6.45) is 0. The number of aryl methyl sites for hydroxylation is 2. The van der Waals surface area contributed by atoms with Crippen LogP contribution in [-0.4, -0.2) is 20.1 Å². The van der Waals surface area contributed by atoms with Gasteiger partial charge < -0.3 is 17.6 Å². The number of benzene rings is 8. The maximum Gasteiger partial charge on any atom is 0.170 e. The van der Waals surface area contributed by atoms with E-state index in [2.05, 4.69) is 207 Å². The number of rotatable bonds is 7. The van der Waals surface area contributed by atoms with E-state index >= 15 is 0 Å². The Bertz CT molecular complexity index is 2690. The van der Waals surface area contributed by atoms with Gasteiger partial charge in [0, 0.05) is 196 Å². The first kappa shape index (κ1) is 74.6. The average molecular weight is 1390 g/mol. The molecule has 8 rings (SSSR count). The second-order valence-electron chi connectivity index (χ2n) is 18.2. The molecular weight excluding hydrogens is 1320 g/mol. The molecule has 0 aliphatic rings. The van der Waals surface area contributed by atoms with Gasteiger partial charge in [0.05, 0.1) is 0 Å². The van der Waals surface area contributed by atoms with Crippen molar-refractivity contribution in [2.75, 3.05) is 0 Å². The molecule has 8 aromatic rings. The van der Waals surface area contributed by atoms with Crippen molar-refractivity contribution >= 4 is 52.9 Å². The molecule has 0 saturated carbocycles. The Morgan fingerprint density at radius 3 is 1.06 bits per heavy atom. The van der Waals surface area contributed by atoms with Gasteiger partial charge in [0.1, 0.15) is 6.71 Å². The summed E-state index contributed by atoms with van der Waals surface area (Å²) in [7, 11) is 0. The Morgan fingerprint density at radius 1 is 0.319 bits per heavy atom. The second kappa shape index (κ2) is 37.4. The smallest absolute Gasteiger partial charge is 0.170 e. The van der Waals surface area contributed by atoms with Gasteiger partial charge in [-0.2, -0.15) is 143 Å². The van der Waals surface area contributed by atoms with Crippen molar-refractivity contribution in [3.8, 4) is 11.1 Å². The van der Waals surface area contributed by atoms with Crippen LogP contribution in [0.3, 0.4) is 0 Å². The van der Waals surface area contributed by atoms with E-state index in [0.717, 1.165) is 16.4 Å². The van der Waals surface area contributed by atoms with Crippen LogP contribution < -0.4 is 32.8 Å². The van der Waals surface area contributed by atoms with Gasteiger partial charge in [0.25, 0.3) is 0 Å². The first-order valence-electron chi connectivity index (χ1n) is 23.5. The minimum atomic E-state index is 0. The standard InChI is InChI=1S/C19H13B.C17H20.C14H13B.C13H21B.6Y/c1-16-12-14-19(15-13-16)20(17-8-4-2-5-9-17)18-10-6-3-7-11-18;1-11-12(2)14(4)17(15(5)13(11)3)16-9-7-6-8-10-16;1-12-8-10-14(11-9-12)15(2)13-6-4-3-5-7-13;1-8-9(2)11(4)13(14(6)7)12(5)10(8)3;;;;;;/h2-8,10,12-13H,1H3;6-10H,1-5H3;3-6,8-10H,1-2H3;1-7H3;;;;;;/q-4;;-2;;;;;;;. The van der Waals surface area contributed by atoms with E-state index in [4.69, 9.17) is 0 Å². The minimum absolute atomic E-state index is 0. The largest absolute Gasteiger partial charge is 0.364 e. The van der Waals surface area contributed by atoms with Gasteiger partial charge >= 0.3 is 0 Å². The summed E-state index contributed by atoms with van der Waals surface area (Å²) in [5, 5.41) is 0. The maximum absolute atomic E-state index is 3.34. The summed E-state index contributed by atoms with van der Waals surface area (Å²) in [5.74, 6) is 0. The monoisotopic (exact) mass is 1390 g/mol. The van der Waals surface area contributed by atoms with Crippen LogP contribution in [0.5, 0.6) is 0 Å². The molecule has 72 heavy (non-hydrogen) atoms. The van der Waals surface area contributed by atoms with Gasteiger partial charge in [-0.1, -0.05) is 74.3 Å². The predicted octanol–water partition coefficient (Wildman–Crippen LogP) is 11.6. The second-order valence-corrected chi connectivity index (χ2v) is 18.2. The molecule has 0 atom stereocenters. The first-order chi connectivity index (χ1) is 31.5. The third kappa shape index (κ3) is 20.7. The molecule has 8 aromatic carbocycles. The number of hydrogen-bond acceptors (Lipinski definition) is 0. The molecule has 0 aromatic heterocycles. The quantitative estimate of drug-likeness (QED) is 0.110. The molecule has 0 amide bonds. The third-order valence-electron chi connectivity index (χ3n) is 13.6. The minimum Gasteiger partial charge on any atom is -0.364 e. The van der Waals surface area contributed by atoms with E-state index in [-0.39, 0.29) is 203 Å². The van der Waals surface area contributed by atoms with Gasteiger partial charge in [0.15, 0.2) is 13.4 Å². The Hall–Kier alpha value is 0.578. The van der Waals surface area contributed by atoms with Crippen molar-refractivity contribution in [1.29, 1.82) is 0 Å². The zero-order valence-electron chi connectivity index (χ0n) is 45.9. The Balaban J connectivity index is 0. The molecule has 0 fully saturated rings. The zero-order valence-corrected chi connectivity index (χ0v) is 62.9. The third-order valence-corrected chi connectivity index (χ3v) is 13.6. The SMILES string of the molecule is CB(C)c1c(C)c(C)c(C)c(C)c1C.CB(c1[c-]cccc1)c1[c-]cc(C)cc1.Cc1c(C)c(C)c(-c2ccccc2)c(C)c1C.Cc1c[c-]c(B(c2[c-]cccc2)c2[c-]cccc2)[c-]c1.[Y].[Y].[Y].[Y].[Y].[Y]. The Morgan fingerprint density at radius 2 is 0.681 bits per heavy atom. The maximum atomic E-state index is 3.34. The van der Waals surface area contributed by atoms with Gasteiger partial charge in [-0.05, 0) is 125 Å². The molecule has 0 aliphatic heterocycles. The van der Waals surface area contributed by atoms with Crippen molar-refractivity contribution in [2.45, 2.75) is 104 Å². The van der Waals surface area contributed by atoms with Gasteiger partial charge in [-0.25, -0.2) is 0 Å². The molecule has 0 spiro atoms. The van der Waals surface area contributed by atoms with E-state index < -0.39 is 0 Å². The average Bonchev–Trinajstić information content (AvgIpc) is 3.34. The summed E-state index contributed by atoms with van der Waals surface area (Å²) in [6, 6.07) is 65.1. The predicted molar refractivity (Wildman–Crippen MR) is 293 cm³/mol. The fourth-order valence-electron chi connectivity index (χ4n) is 8.85. The van der Waals surface area contributed by atoms with Crippen LogP contribution in [0, 0.1) is 119 Å². The summed E-state index contributed by atoms with van der Waals surface area (Å²) in [4.78, 5) is 0. The van der Waals surface area contributed by atoms with Crippen molar-refractivity contribution in [3.05, 3.63) is 237 Å². The molecule has 0 nitrogen and oxygen atoms in total. The van der Waals surface area contributed by atoms with E-state index in [9.17, 15) is 0 Å². The molecule has 0 heterocycles. The van der Waals surface area contributed by atoms with E-state index in [1.807, 2.05) is 66.7 Å². The summed E-state index contributed by atoms with van der Waals surface area (Å²) >= 11 is 0. The van der Waals surface area contributed by atoms with Crippen molar-refractivity contribution in [3.63, 3.8) is 0 Å². The fourth-order valence-corrected chi connectivity index (χ4v) is 8.85. The van der Waals surface area contributed by atoms with E-state index in [0.29, 0.717) is 13.4 Å². The molecular formula is C63H67B3Y6-6. The molecule has 0 N–H and O–H groups in total. The van der Waals surface area contributed by atoms with Crippen LogP contribution in [0.1, 0.15) is 66.8 Å². The van der Waals surface area contributed by atoms with E-state index in [1.54, 1.807) is 5.46 Å². The molecule has 9 heteroatoms. The summed E-state index contributed by atoms with van der Waals surface area (Å²) in [6.45, 7) is 34.3. The molecule has 352 valence electrons. The Kier molecular flexibility index (Phi) is 38.8. The van der Waals surface area contributed by atoms with Gasteiger partial charge in [-0.3, -0.25) is 17.7 Å². The summed E-state index contributed by atoms with van der Waals surface area (Å²) < 4.78 is 0. The number of hydrogen-bond donors (Lipinski definition) is 0. The molecule has 6 radical (unpaired) electrons. The van der Waals surface area contributed by atoms with Crippen LogP contribution in [-0.2, 0) is 196 Å². The molecule has 0 saturated heterocycles. The molecule has 0 bridgehead atoms. The van der Waals surface area contributed by atoms with E-state index in [1.165, 1.54) is 88.8 Å². The normalized spacial score (nSPS) is 9.49. The topological polar surface area (TPSA) is 0 Å². The van der Waals surface area contributed by atoms with Crippen LogP contribution in [0.2, 0.25) is 20.5 Å².